The minimum Gasteiger partial charge on any atom is -0.310 e. The molecule has 0 aliphatic rings. The number of fused-ring (bicyclic) bond motifs is 1. The molecule has 250 valence electrons. The van der Waals surface area contributed by atoms with E-state index < -0.39 is 0 Å². The zero-order chi connectivity index (χ0) is 35.4. The smallest absolute Gasteiger partial charge is 0.0467 e. The van der Waals surface area contributed by atoms with Gasteiger partial charge < -0.3 is 4.90 Å². The normalized spacial score (nSPS) is 11.0. The van der Waals surface area contributed by atoms with Gasteiger partial charge in [0.25, 0.3) is 0 Å². The average molecular weight is 676 g/mol. The summed E-state index contributed by atoms with van der Waals surface area (Å²) < 4.78 is 0. The van der Waals surface area contributed by atoms with Crippen molar-refractivity contribution < 1.29 is 0 Å². The van der Waals surface area contributed by atoms with E-state index in [1.54, 1.807) is 0 Å². The van der Waals surface area contributed by atoms with Crippen LogP contribution in [0.1, 0.15) is 0 Å². The molecule has 0 amide bonds. The van der Waals surface area contributed by atoms with Crippen LogP contribution in [0.2, 0.25) is 0 Å². The molecule has 0 unspecified atom stereocenters. The minimum absolute atomic E-state index is 1.10. The fourth-order valence-corrected chi connectivity index (χ4v) is 7.34. The Hall–Kier alpha value is -6.96. The van der Waals surface area contributed by atoms with Gasteiger partial charge in [-0.3, -0.25) is 0 Å². The summed E-state index contributed by atoms with van der Waals surface area (Å²) in [5.41, 5.74) is 15.3. The van der Waals surface area contributed by atoms with Gasteiger partial charge in [-0.15, -0.1) is 0 Å². The SMILES string of the molecule is c1ccc(-c2ccc(-c3ccc(N(c4cccc(-c5ccc(-c6ccccc6)cc5)c4)c4cccc(-c5cccc6ccccc56)c4)cc3)cc2)cc1. The maximum absolute atomic E-state index is 2.37. The molecule has 9 rings (SSSR count). The zero-order valence-electron chi connectivity index (χ0n) is 29.3. The van der Waals surface area contributed by atoms with Crippen molar-refractivity contribution in [2.24, 2.45) is 0 Å². The van der Waals surface area contributed by atoms with Crippen molar-refractivity contribution in [3.63, 3.8) is 0 Å². The average Bonchev–Trinajstić information content (AvgIpc) is 3.25. The molecule has 9 aromatic rings. The molecule has 0 aliphatic carbocycles. The molecule has 0 N–H and O–H groups in total. The topological polar surface area (TPSA) is 3.24 Å². The molecule has 0 spiro atoms. The summed E-state index contributed by atoms with van der Waals surface area (Å²) in [6.45, 7) is 0. The van der Waals surface area contributed by atoms with Crippen molar-refractivity contribution in [3.8, 4) is 55.6 Å². The third-order valence-corrected chi connectivity index (χ3v) is 10.1. The quantitative estimate of drug-likeness (QED) is 0.155. The molecule has 0 aliphatic heterocycles. The second-order valence-corrected chi connectivity index (χ2v) is 13.4. The van der Waals surface area contributed by atoms with Gasteiger partial charge in [0.05, 0.1) is 0 Å². The van der Waals surface area contributed by atoms with Crippen LogP contribution in [-0.4, -0.2) is 0 Å². The number of anilines is 3. The maximum atomic E-state index is 2.37. The van der Waals surface area contributed by atoms with E-state index in [1.165, 1.54) is 66.4 Å². The van der Waals surface area contributed by atoms with Crippen molar-refractivity contribution in [2.75, 3.05) is 4.90 Å². The third kappa shape index (κ3) is 6.65. The molecule has 0 radical (unpaired) electrons. The fourth-order valence-electron chi connectivity index (χ4n) is 7.34. The van der Waals surface area contributed by atoms with Gasteiger partial charge in [0.15, 0.2) is 0 Å². The van der Waals surface area contributed by atoms with Crippen LogP contribution < -0.4 is 4.90 Å². The molecule has 0 fully saturated rings. The van der Waals surface area contributed by atoms with Gasteiger partial charge in [0, 0.05) is 17.1 Å². The van der Waals surface area contributed by atoms with Gasteiger partial charge >= 0.3 is 0 Å². The number of hydrogen-bond donors (Lipinski definition) is 0. The standard InChI is InChI=1S/C52H37N/c1-3-12-38(13-4-1)40-24-26-42(27-25-40)43-32-34-48(35-33-43)53(50-21-10-19-47(37-50)52-23-11-17-45-16-7-8-22-51(45)52)49-20-9-18-46(36-49)44-30-28-41(29-31-44)39-14-5-2-6-15-39/h1-37H. The van der Waals surface area contributed by atoms with Gasteiger partial charge in [-0.25, -0.2) is 0 Å². The highest BCUT2D eigenvalue weighted by molar-refractivity contribution is 5.97. The fraction of sp³-hybridized carbons (Fsp3) is 0. The molecular formula is C52H37N. The molecule has 1 heteroatoms. The van der Waals surface area contributed by atoms with Crippen LogP contribution in [0.25, 0.3) is 66.4 Å². The van der Waals surface area contributed by atoms with Crippen molar-refractivity contribution in [2.45, 2.75) is 0 Å². The van der Waals surface area contributed by atoms with Crippen molar-refractivity contribution in [1.82, 2.24) is 0 Å². The zero-order valence-corrected chi connectivity index (χ0v) is 29.3. The highest BCUT2D eigenvalue weighted by atomic mass is 15.1. The molecule has 0 saturated heterocycles. The molecule has 0 saturated carbocycles. The summed E-state index contributed by atoms with van der Waals surface area (Å²) in [7, 11) is 0. The summed E-state index contributed by atoms with van der Waals surface area (Å²) in [5.74, 6) is 0. The maximum Gasteiger partial charge on any atom is 0.0467 e. The van der Waals surface area contributed by atoms with Crippen LogP contribution in [0.5, 0.6) is 0 Å². The van der Waals surface area contributed by atoms with E-state index in [0.29, 0.717) is 0 Å². The first-order valence-corrected chi connectivity index (χ1v) is 18.2. The van der Waals surface area contributed by atoms with Crippen LogP contribution in [0.15, 0.2) is 224 Å². The van der Waals surface area contributed by atoms with Crippen LogP contribution >= 0.6 is 0 Å². The van der Waals surface area contributed by atoms with Crippen LogP contribution in [0, 0.1) is 0 Å². The first kappa shape index (κ1) is 32.0. The van der Waals surface area contributed by atoms with E-state index in [9.17, 15) is 0 Å². The van der Waals surface area contributed by atoms with Crippen molar-refractivity contribution >= 4 is 27.8 Å². The number of benzene rings is 9. The Kier molecular flexibility index (Phi) is 8.66. The van der Waals surface area contributed by atoms with Gasteiger partial charge in [0.1, 0.15) is 0 Å². The molecule has 1 nitrogen and oxygen atoms in total. The lowest BCUT2D eigenvalue weighted by Crippen LogP contribution is -2.10. The van der Waals surface area contributed by atoms with Crippen molar-refractivity contribution in [1.29, 1.82) is 0 Å². The van der Waals surface area contributed by atoms with Crippen LogP contribution in [0.3, 0.4) is 0 Å². The third-order valence-electron chi connectivity index (χ3n) is 10.1. The lowest BCUT2D eigenvalue weighted by Gasteiger charge is -2.27. The van der Waals surface area contributed by atoms with Gasteiger partial charge in [-0.2, -0.15) is 0 Å². The predicted molar refractivity (Wildman–Crippen MR) is 226 cm³/mol. The van der Waals surface area contributed by atoms with E-state index in [2.05, 4.69) is 229 Å². The molecule has 0 heterocycles. The summed E-state index contributed by atoms with van der Waals surface area (Å²) in [4.78, 5) is 2.37. The predicted octanol–water partition coefficient (Wildman–Crippen LogP) is 14.6. The Labute approximate surface area is 311 Å². The molecule has 53 heavy (non-hydrogen) atoms. The van der Waals surface area contributed by atoms with E-state index in [4.69, 9.17) is 0 Å². The second kappa shape index (κ2) is 14.3. The van der Waals surface area contributed by atoms with Crippen molar-refractivity contribution in [3.05, 3.63) is 224 Å². The number of rotatable bonds is 8. The van der Waals surface area contributed by atoms with E-state index in [0.717, 1.165) is 17.1 Å². The van der Waals surface area contributed by atoms with Gasteiger partial charge in [0.2, 0.25) is 0 Å². The first-order chi connectivity index (χ1) is 26.3. The highest BCUT2D eigenvalue weighted by Crippen LogP contribution is 2.40. The largest absolute Gasteiger partial charge is 0.310 e. The molecule has 0 bridgehead atoms. The summed E-state index contributed by atoms with van der Waals surface area (Å²) >= 11 is 0. The Morgan fingerprint density at radius 1 is 0.226 bits per heavy atom. The second-order valence-electron chi connectivity index (χ2n) is 13.4. The minimum atomic E-state index is 1.10. The Morgan fingerprint density at radius 3 is 1.17 bits per heavy atom. The molecule has 9 aromatic carbocycles. The Bertz CT molecular complexity index is 2620. The summed E-state index contributed by atoms with van der Waals surface area (Å²) in [6, 6.07) is 80.8. The van der Waals surface area contributed by atoms with E-state index in [-0.39, 0.29) is 0 Å². The monoisotopic (exact) mass is 675 g/mol. The van der Waals surface area contributed by atoms with Crippen LogP contribution in [0.4, 0.5) is 17.1 Å². The van der Waals surface area contributed by atoms with E-state index >= 15 is 0 Å². The molecule has 0 atom stereocenters. The Balaban J connectivity index is 1.10. The lowest BCUT2D eigenvalue weighted by atomic mass is 9.97. The Morgan fingerprint density at radius 2 is 0.604 bits per heavy atom. The molecule has 0 aromatic heterocycles. The molecular weight excluding hydrogens is 639 g/mol. The van der Waals surface area contributed by atoms with Gasteiger partial charge in [-0.1, -0.05) is 188 Å². The highest BCUT2D eigenvalue weighted by Gasteiger charge is 2.16. The first-order valence-electron chi connectivity index (χ1n) is 18.2. The van der Waals surface area contributed by atoms with E-state index in [1.807, 2.05) is 0 Å². The number of hydrogen-bond acceptors (Lipinski definition) is 1. The van der Waals surface area contributed by atoms with Crippen LogP contribution in [-0.2, 0) is 0 Å². The summed E-state index contributed by atoms with van der Waals surface area (Å²) in [5, 5.41) is 2.49. The lowest BCUT2D eigenvalue weighted by molar-refractivity contribution is 1.28. The number of nitrogens with zero attached hydrogens (tertiary/aromatic N) is 1. The summed E-state index contributed by atoms with van der Waals surface area (Å²) in [6.07, 6.45) is 0. The van der Waals surface area contributed by atoms with Gasteiger partial charge in [-0.05, 0) is 103 Å².